The van der Waals surface area contributed by atoms with Crippen molar-refractivity contribution in [3.8, 4) is 5.75 Å². The van der Waals surface area contributed by atoms with Crippen molar-refractivity contribution in [3.63, 3.8) is 0 Å². The highest BCUT2D eigenvalue weighted by Crippen LogP contribution is 2.16. The van der Waals surface area contributed by atoms with Gasteiger partial charge in [-0.2, -0.15) is 0 Å². The average molecular weight is 236 g/mol. The van der Waals surface area contributed by atoms with E-state index in [1.165, 1.54) is 0 Å². The molecule has 0 radical (unpaired) electrons. The summed E-state index contributed by atoms with van der Waals surface area (Å²) < 4.78 is 9.69. The van der Waals surface area contributed by atoms with Crippen LogP contribution >= 0.6 is 0 Å². The molecular weight excluding hydrogens is 220 g/mol. The molecule has 1 aromatic rings. The molecule has 0 aliphatic carbocycles. The Morgan fingerprint density at radius 2 is 1.82 bits per heavy atom. The molecule has 92 valence electrons. The number of carbonyl (C=O) groups excluding carboxylic acids is 2. The van der Waals surface area contributed by atoms with Gasteiger partial charge < -0.3 is 9.47 Å². The highest BCUT2D eigenvalue weighted by atomic mass is 16.6. The lowest BCUT2D eigenvalue weighted by Crippen LogP contribution is -2.24. The van der Waals surface area contributed by atoms with Crippen LogP contribution in [0.3, 0.4) is 0 Å². The van der Waals surface area contributed by atoms with E-state index in [1.54, 1.807) is 25.1 Å². The van der Waals surface area contributed by atoms with Crippen LogP contribution in [0.15, 0.2) is 24.3 Å². The average Bonchev–Trinajstić information content (AvgIpc) is 2.28. The fourth-order valence-electron chi connectivity index (χ4n) is 1.11. The Bertz CT molecular complexity index is 410. The maximum absolute atomic E-state index is 11.4. The monoisotopic (exact) mass is 236 g/mol. The van der Waals surface area contributed by atoms with Crippen molar-refractivity contribution < 1.29 is 19.1 Å². The fraction of sp³-hybridized carbons (Fsp3) is 0.385. The van der Waals surface area contributed by atoms with Gasteiger partial charge in [0.1, 0.15) is 5.75 Å². The van der Waals surface area contributed by atoms with Crippen molar-refractivity contribution >= 4 is 11.9 Å². The smallest absolute Gasteiger partial charge is 0.422 e. The fourth-order valence-corrected chi connectivity index (χ4v) is 1.11. The Balaban J connectivity index is 2.55. The quantitative estimate of drug-likeness (QED) is 0.458. The normalized spacial score (nSPS) is 10.1. The minimum Gasteiger partial charge on any atom is -0.457 e. The lowest BCUT2D eigenvalue weighted by atomic mass is 10.2. The zero-order chi connectivity index (χ0) is 12.8. The van der Waals surface area contributed by atoms with Crippen LogP contribution in [0, 0.1) is 12.8 Å². The van der Waals surface area contributed by atoms with Crippen molar-refractivity contribution in [2.75, 3.05) is 6.61 Å². The van der Waals surface area contributed by atoms with E-state index in [1.807, 2.05) is 19.9 Å². The third kappa shape index (κ3) is 4.26. The molecule has 4 nitrogen and oxygen atoms in total. The Labute approximate surface area is 101 Å². The maximum Gasteiger partial charge on any atom is 0.422 e. The van der Waals surface area contributed by atoms with E-state index in [9.17, 15) is 9.59 Å². The SMILES string of the molecule is Cc1ccccc1OC(=O)C(=O)OCC(C)C. The summed E-state index contributed by atoms with van der Waals surface area (Å²) in [4.78, 5) is 22.6. The van der Waals surface area contributed by atoms with Gasteiger partial charge in [-0.1, -0.05) is 32.0 Å². The van der Waals surface area contributed by atoms with Crippen LogP contribution in [0.5, 0.6) is 5.75 Å². The number of hydrogen-bond acceptors (Lipinski definition) is 4. The molecule has 4 heteroatoms. The van der Waals surface area contributed by atoms with Gasteiger partial charge in [0.15, 0.2) is 0 Å². The van der Waals surface area contributed by atoms with E-state index in [4.69, 9.17) is 9.47 Å². The largest absolute Gasteiger partial charge is 0.457 e. The standard InChI is InChI=1S/C13H16O4/c1-9(2)8-16-12(14)13(15)17-11-7-5-4-6-10(11)3/h4-7,9H,8H2,1-3H3. The van der Waals surface area contributed by atoms with Crippen LogP contribution < -0.4 is 4.74 Å². The Morgan fingerprint density at radius 1 is 1.18 bits per heavy atom. The topological polar surface area (TPSA) is 52.6 Å². The molecule has 0 fully saturated rings. The van der Waals surface area contributed by atoms with Crippen LogP contribution in [0.2, 0.25) is 0 Å². The number of esters is 2. The Kier molecular flexibility index (Phi) is 4.69. The van der Waals surface area contributed by atoms with E-state index < -0.39 is 11.9 Å². The number of ether oxygens (including phenoxy) is 2. The summed E-state index contributed by atoms with van der Waals surface area (Å²) in [7, 11) is 0. The predicted molar refractivity (Wildman–Crippen MR) is 62.6 cm³/mol. The molecule has 0 aromatic heterocycles. The van der Waals surface area contributed by atoms with Crippen LogP contribution in [0.25, 0.3) is 0 Å². The first-order valence-electron chi connectivity index (χ1n) is 5.45. The summed E-state index contributed by atoms with van der Waals surface area (Å²) in [5.74, 6) is -1.38. The molecule has 0 aliphatic rings. The van der Waals surface area contributed by atoms with Crippen molar-refractivity contribution in [2.24, 2.45) is 5.92 Å². The number of rotatable bonds is 3. The van der Waals surface area contributed by atoms with Gasteiger partial charge >= 0.3 is 11.9 Å². The van der Waals surface area contributed by atoms with Gasteiger partial charge in [0.2, 0.25) is 0 Å². The third-order valence-electron chi connectivity index (χ3n) is 2.01. The lowest BCUT2D eigenvalue weighted by Gasteiger charge is -2.08. The van der Waals surface area contributed by atoms with Gasteiger partial charge in [0.25, 0.3) is 0 Å². The molecule has 0 bridgehead atoms. The van der Waals surface area contributed by atoms with Gasteiger partial charge in [-0.25, -0.2) is 9.59 Å². The molecular formula is C13H16O4. The predicted octanol–water partition coefficient (Wildman–Crippen LogP) is 2.10. The van der Waals surface area contributed by atoms with Gasteiger partial charge in [-0.15, -0.1) is 0 Å². The third-order valence-corrected chi connectivity index (χ3v) is 2.01. The first-order chi connectivity index (χ1) is 8.00. The number of hydrogen-bond donors (Lipinski definition) is 0. The van der Waals surface area contributed by atoms with Crippen LogP contribution in [0.4, 0.5) is 0 Å². The lowest BCUT2D eigenvalue weighted by molar-refractivity contribution is -0.162. The van der Waals surface area contributed by atoms with Crippen molar-refractivity contribution in [3.05, 3.63) is 29.8 Å². The van der Waals surface area contributed by atoms with Gasteiger partial charge in [0.05, 0.1) is 6.61 Å². The second-order valence-corrected chi connectivity index (χ2v) is 4.15. The highest BCUT2D eigenvalue weighted by Gasteiger charge is 2.19. The van der Waals surface area contributed by atoms with E-state index in [0.29, 0.717) is 5.75 Å². The van der Waals surface area contributed by atoms with E-state index >= 15 is 0 Å². The molecule has 0 saturated heterocycles. The molecule has 0 saturated carbocycles. The number of aryl methyl sites for hydroxylation is 1. The van der Waals surface area contributed by atoms with Crippen molar-refractivity contribution in [1.82, 2.24) is 0 Å². The van der Waals surface area contributed by atoms with Crippen molar-refractivity contribution in [2.45, 2.75) is 20.8 Å². The summed E-state index contributed by atoms with van der Waals surface area (Å²) in [6.45, 7) is 5.78. The summed E-state index contributed by atoms with van der Waals surface area (Å²) in [6.07, 6.45) is 0. The second kappa shape index (κ2) is 6.03. The molecule has 0 aliphatic heterocycles. The summed E-state index contributed by atoms with van der Waals surface area (Å²) >= 11 is 0. The minimum absolute atomic E-state index is 0.185. The van der Waals surface area contributed by atoms with E-state index in [-0.39, 0.29) is 12.5 Å². The summed E-state index contributed by atoms with van der Waals surface area (Å²) in [5, 5.41) is 0. The van der Waals surface area contributed by atoms with Crippen LogP contribution in [-0.2, 0) is 14.3 Å². The molecule has 0 atom stereocenters. The van der Waals surface area contributed by atoms with E-state index in [0.717, 1.165) is 5.56 Å². The molecule has 1 aromatic carbocycles. The Hall–Kier alpha value is -1.84. The molecule has 0 spiro atoms. The zero-order valence-electron chi connectivity index (χ0n) is 10.2. The van der Waals surface area contributed by atoms with Gasteiger partial charge in [-0.05, 0) is 24.5 Å². The molecule has 0 N–H and O–H groups in total. The summed E-state index contributed by atoms with van der Waals surface area (Å²) in [6, 6.07) is 6.98. The van der Waals surface area contributed by atoms with Gasteiger partial charge in [-0.3, -0.25) is 0 Å². The number of para-hydroxylation sites is 1. The molecule has 0 heterocycles. The molecule has 1 rings (SSSR count). The first kappa shape index (κ1) is 13.2. The first-order valence-corrected chi connectivity index (χ1v) is 5.45. The summed E-state index contributed by atoms with van der Waals surface area (Å²) in [5.41, 5.74) is 0.789. The minimum atomic E-state index is -0.986. The number of carbonyl (C=O) groups is 2. The highest BCUT2D eigenvalue weighted by molar-refractivity contribution is 6.30. The van der Waals surface area contributed by atoms with Crippen LogP contribution in [-0.4, -0.2) is 18.5 Å². The zero-order valence-corrected chi connectivity index (χ0v) is 10.2. The second-order valence-electron chi connectivity index (χ2n) is 4.15. The van der Waals surface area contributed by atoms with E-state index in [2.05, 4.69) is 0 Å². The maximum atomic E-state index is 11.4. The number of benzene rings is 1. The van der Waals surface area contributed by atoms with Crippen LogP contribution in [0.1, 0.15) is 19.4 Å². The Morgan fingerprint density at radius 3 is 2.41 bits per heavy atom. The molecule has 0 unspecified atom stereocenters. The molecule has 17 heavy (non-hydrogen) atoms. The van der Waals surface area contributed by atoms with Crippen molar-refractivity contribution in [1.29, 1.82) is 0 Å². The van der Waals surface area contributed by atoms with Gasteiger partial charge in [0, 0.05) is 0 Å². The molecule has 0 amide bonds.